The van der Waals surface area contributed by atoms with Gasteiger partial charge in [-0.05, 0) is 56.1 Å². The van der Waals surface area contributed by atoms with Gasteiger partial charge < -0.3 is 10.6 Å². The van der Waals surface area contributed by atoms with Crippen LogP contribution >= 0.6 is 11.8 Å². The maximum atomic E-state index is 12.7. The topological polar surface area (TPSA) is 41.1 Å². The molecule has 1 unspecified atom stereocenters. The quantitative estimate of drug-likeness (QED) is 0.792. The number of carbonyl (C=O) groups is 1. The van der Waals surface area contributed by atoms with Gasteiger partial charge in [0.25, 0.3) is 0 Å². The van der Waals surface area contributed by atoms with Crippen molar-refractivity contribution in [2.75, 3.05) is 25.4 Å². The van der Waals surface area contributed by atoms with E-state index >= 15 is 0 Å². The minimum Gasteiger partial charge on any atom is -0.356 e. The number of hydrogen-bond donors (Lipinski definition) is 2. The fourth-order valence-electron chi connectivity index (χ4n) is 2.24. The molecule has 1 fully saturated rings. The summed E-state index contributed by atoms with van der Waals surface area (Å²) in [5.41, 5.74) is 0. The van der Waals surface area contributed by atoms with E-state index in [9.17, 15) is 9.18 Å². The van der Waals surface area contributed by atoms with Gasteiger partial charge in [-0.2, -0.15) is 0 Å². The molecule has 1 aliphatic heterocycles. The number of halogens is 1. The second-order valence-corrected chi connectivity index (χ2v) is 6.24. The number of amides is 1. The predicted molar refractivity (Wildman–Crippen MR) is 80.3 cm³/mol. The maximum Gasteiger partial charge on any atom is 0.220 e. The standard InChI is InChI=1S/C15H21FN2OS/c16-13-3-5-14(6-4-13)20-9-7-15(19)18-11-12-2-1-8-17-10-12/h3-6,12,17H,1-2,7-11H2,(H,18,19). The van der Waals surface area contributed by atoms with Gasteiger partial charge in [-0.1, -0.05) is 0 Å². The summed E-state index contributed by atoms with van der Waals surface area (Å²) in [4.78, 5) is 12.7. The summed E-state index contributed by atoms with van der Waals surface area (Å²) in [7, 11) is 0. The molecule has 110 valence electrons. The van der Waals surface area contributed by atoms with Crippen LogP contribution in [0.25, 0.3) is 0 Å². The van der Waals surface area contributed by atoms with Crippen LogP contribution in [0, 0.1) is 11.7 Å². The molecule has 1 amide bonds. The van der Waals surface area contributed by atoms with Crippen LogP contribution < -0.4 is 10.6 Å². The summed E-state index contributed by atoms with van der Waals surface area (Å²) < 4.78 is 12.7. The van der Waals surface area contributed by atoms with Crippen LogP contribution in [0.4, 0.5) is 4.39 Å². The molecule has 5 heteroatoms. The van der Waals surface area contributed by atoms with Gasteiger partial charge in [0.2, 0.25) is 5.91 Å². The third kappa shape index (κ3) is 5.51. The summed E-state index contributed by atoms with van der Waals surface area (Å²) in [6, 6.07) is 6.37. The molecule has 0 aromatic heterocycles. The van der Waals surface area contributed by atoms with E-state index in [-0.39, 0.29) is 11.7 Å². The molecule has 2 N–H and O–H groups in total. The van der Waals surface area contributed by atoms with Gasteiger partial charge in [-0.25, -0.2) is 4.39 Å². The van der Waals surface area contributed by atoms with Crippen LogP contribution in [0.1, 0.15) is 19.3 Å². The molecule has 1 atom stereocenters. The zero-order valence-corrected chi connectivity index (χ0v) is 12.3. The number of piperidine rings is 1. The highest BCUT2D eigenvalue weighted by molar-refractivity contribution is 7.99. The van der Waals surface area contributed by atoms with Crippen molar-refractivity contribution < 1.29 is 9.18 Å². The molecule has 2 rings (SSSR count). The molecule has 3 nitrogen and oxygen atoms in total. The van der Waals surface area contributed by atoms with E-state index in [4.69, 9.17) is 0 Å². The fourth-order valence-corrected chi connectivity index (χ4v) is 3.09. The van der Waals surface area contributed by atoms with Crippen molar-refractivity contribution in [3.63, 3.8) is 0 Å². The summed E-state index contributed by atoms with van der Waals surface area (Å²) in [6.07, 6.45) is 2.89. The van der Waals surface area contributed by atoms with Gasteiger partial charge in [-0.15, -0.1) is 11.8 Å². The summed E-state index contributed by atoms with van der Waals surface area (Å²) in [6.45, 7) is 2.87. The van der Waals surface area contributed by atoms with Crippen molar-refractivity contribution in [3.8, 4) is 0 Å². The van der Waals surface area contributed by atoms with E-state index in [1.807, 2.05) is 0 Å². The maximum absolute atomic E-state index is 12.7. The zero-order chi connectivity index (χ0) is 14.2. The van der Waals surface area contributed by atoms with Crippen molar-refractivity contribution in [1.82, 2.24) is 10.6 Å². The van der Waals surface area contributed by atoms with E-state index < -0.39 is 0 Å². The highest BCUT2D eigenvalue weighted by Gasteiger charge is 2.13. The number of carbonyl (C=O) groups excluding carboxylic acids is 1. The molecular weight excluding hydrogens is 275 g/mol. The minimum absolute atomic E-state index is 0.102. The van der Waals surface area contributed by atoms with Crippen molar-refractivity contribution >= 4 is 17.7 Å². The Bertz CT molecular complexity index is 418. The lowest BCUT2D eigenvalue weighted by atomic mass is 10.00. The average molecular weight is 296 g/mol. The highest BCUT2D eigenvalue weighted by atomic mass is 32.2. The van der Waals surface area contributed by atoms with Gasteiger partial charge in [0.05, 0.1) is 0 Å². The molecular formula is C15H21FN2OS. The third-order valence-electron chi connectivity index (χ3n) is 3.40. The van der Waals surface area contributed by atoms with E-state index in [0.717, 1.165) is 30.3 Å². The normalized spacial score (nSPS) is 18.8. The SMILES string of the molecule is O=C(CCSc1ccc(F)cc1)NCC1CCCNC1. The Kier molecular flexibility index (Phi) is 6.33. The molecule has 0 bridgehead atoms. The minimum atomic E-state index is -0.229. The Morgan fingerprint density at radius 2 is 2.20 bits per heavy atom. The number of hydrogen-bond acceptors (Lipinski definition) is 3. The van der Waals surface area contributed by atoms with Gasteiger partial charge in [0, 0.05) is 23.6 Å². The molecule has 1 saturated heterocycles. The van der Waals surface area contributed by atoms with E-state index in [1.165, 1.54) is 25.0 Å². The summed E-state index contributed by atoms with van der Waals surface area (Å²) >= 11 is 1.58. The third-order valence-corrected chi connectivity index (χ3v) is 4.41. The average Bonchev–Trinajstić information content (AvgIpc) is 2.48. The van der Waals surface area contributed by atoms with E-state index in [2.05, 4.69) is 10.6 Å². The smallest absolute Gasteiger partial charge is 0.220 e. The Morgan fingerprint density at radius 3 is 2.90 bits per heavy atom. The monoisotopic (exact) mass is 296 g/mol. The molecule has 1 heterocycles. The van der Waals surface area contributed by atoms with Gasteiger partial charge in [-0.3, -0.25) is 4.79 Å². The summed E-state index contributed by atoms with van der Waals surface area (Å²) in [5.74, 6) is 1.16. The Balaban J connectivity index is 1.58. The summed E-state index contributed by atoms with van der Waals surface area (Å²) in [5, 5.41) is 6.34. The number of thioether (sulfide) groups is 1. The Labute approximate surface area is 123 Å². The van der Waals surface area contributed by atoms with Crippen molar-refractivity contribution in [3.05, 3.63) is 30.1 Å². The Morgan fingerprint density at radius 1 is 1.40 bits per heavy atom. The predicted octanol–water partition coefficient (Wildman–Crippen LogP) is 2.42. The van der Waals surface area contributed by atoms with Crippen LogP contribution in [0.3, 0.4) is 0 Å². The van der Waals surface area contributed by atoms with E-state index in [0.29, 0.717) is 12.3 Å². The van der Waals surface area contributed by atoms with Crippen LogP contribution in [-0.4, -0.2) is 31.3 Å². The molecule has 0 radical (unpaired) electrons. The van der Waals surface area contributed by atoms with Crippen molar-refractivity contribution in [1.29, 1.82) is 0 Å². The van der Waals surface area contributed by atoms with Crippen LogP contribution in [0.2, 0.25) is 0 Å². The molecule has 0 spiro atoms. The van der Waals surface area contributed by atoms with Gasteiger partial charge in [0.1, 0.15) is 5.82 Å². The molecule has 0 aliphatic carbocycles. The van der Waals surface area contributed by atoms with Gasteiger partial charge >= 0.3 is 0 Å². The highest BCUT2D eigenvalue weighted by Crippen LogP contribution is 2.18. The Hall–Kier alpha value is -1.07. The lowest BCUT2D eigenvalue weighted by molar-refractivity contribution is -0.120. The van der Waals surface area contributed by atoms with Crippen molar-refractivity contribution in [2.24, 2.45) is 5.92 Å². The number of rotatable bonds is 6. The van der Waals surface area contributed by atoms with Crippen LogP contribution in [0.5, 0.6) is 0 Å². The zero-order valence-electron chi connectivity index (χ0n) is 11.5. The molecule has 1 aromatic rings. The molecule has 1 aliphatic rings. The first-order chi connectivity index (χ1) is 9.74. The molecule has 20 heavy (non-hydrogen) atoms. The second-order valence-electron chi connectivity index (χ2n) is 5.07. The fraction of sp³-hybridized carbons (Fsp3) is 0.533. The number of benzene rings is 1. The lowest BCUT2D eigenvalue weighted by Crippen LogP contribution is -2.38. The van der Waals surface area contributed by atoms with Gasteiger partial charge in [0.15, 0.2) is 0 Å². The first-order valence-electron chi connectivity index (χ1n) is 7.10. The molecule has 0 saturated carbocycles. The van der Waals surface area contributed by atoms with Crippen LogP contribution in [-0.2, 0) is 4.79 Å². The first-order valence-corrected chi connectivity index (χ1v) is 8.08. The van der Waals surface area contributed by atoms with Crippen molar-refractivity contribution in [2.45, 2.75) is 24.2 Å². The largest absolute Gasteiger partial charge is 0.356 e. The second kappa shape index (κ2) is 8.27. The number of nitrogens with one attached hydrogen (secondary N) is 2. The van der Waals surface area contributed by atoms with Crippen LogP contribution in [0.15, 0.2) is 29.2 Å². The molecule has 1 aromatic carbocycles. The first kappa shape index (κ1) is 15.3. The lowest BCUT2D eigenvalue weighted by Gasteiger charge is -2.22. The van der Waals surface area contributed by atoms with E-state index in [1.54, 1.807) is 23.9 Å².